The van der Waals surface area contributed by atoms with Crippen LogP contribution in [0.3, 0.4) is 0 Å². The van der Waals surface area contributed by atoms with Gasteiger partial charge >= 0.3 is 6.18 Å². The van der Waals surface area contributed by atoms with Gasteiger partial charge in [-0.25, -0.2) is 9.97 Å². The van der Waals surface area contributed by atoms with Crippen LogP contribution in [0.5, 0.6) is 0 Å². The topological polar surface area (TPSA) is 70.2 Å². The van der Waals surface area contributed by atoms with Crippen molar-refractivity contribution in [1.29, 1.82) is 0 Å². The Kier molecular flexibility index (Phi) is 7.82. The molecular formula is C24H34F3N5O. The Morgan fingerprint density at radius 3 is 2.55 bits per heavy atom. The quantitative estimate of drug-likeness (QED) is 0.620. The second-order valence-corrected chi connectivity index (χ2v) is 9.61. The van der Waals surface area contributed by atoms with E-state index in [1.165, 1.54) is 12.4 Å². The fourth-order valence-electron chi connectivity index (χ4n) is 4.69. The lowest BCUT2D eigenvalue weighted by atomic mass is 9.75. The zero-order chi connectivity index (χ0) is 24.3. The van der Waals surface area contributed by atoms with E-state index in [0.717, 1.165) is 31.4 Å². The van der Waals surface area contributed by atoms with Crippen LogP contribution in [0, 0.1) is 11.8 Å². The molecule has 2 N–H and O–H groups in total. The van der Waals surface area contributed by atoms with Gasteiger partial charge in [0.1, 0.15) is 12.1 Å². The molecule has 1 aromatic heterocycles. The van der Waals surface area contributed by atoms with Crippen molar-refractivity contribution in [2.45, 2.75) is 71.3 Å². The minimum Gasteiger partial charge on any atom is -0.360 e. The van der Waals surface area contributed by atoms with Crippen molar-refractivity contribution < 1.29 is 18.0 Å². The molecule has 1 saturated carbocycles. The van der Waals surface area contributed by atoms with Crippen LogP contribution in [0.2, 0.25) is 0 Å². The largest absolute Gasteiger partial charge is 0.416 e. The van der Waals surface area contributed by atoms with Gasteiger partial charge in [0.2, 0.25) is 5.91 Å². The van der Waals surface area contributed by atoms with Crippen molar-refractivity contribution in [3.05, 3.63) is 30.1 Å². The van der Waals surface area contributed by atoms with Gasteiger partial charge in [0, 0.05) is 23.5 Å². The number of amides is 1. The summed E-state index contributed by atoms with van der Waals surface area (Å²) >= 11 is 0. The number of alkyl halides is 3. The first-order valence-corrected chi connectivity index (χ1v) is 11.5. The molecule has 3 rings (SSSR count). The minimum atomic E-state index is -4.47. The number of rotatable bonds is 7. The summed E-state index contributed by atoms with van der Waals surface area (Å²) in [6, 6.07) is 4.36. The molecular weight excluding hydrogens is 431 g/mol. The highest BCUT2D eigenvalue weighted by Crippen LogP contribution is 2.34. The van der Waals surface area contributed by atoms with E-state index in [1.807, 2.05) is 0 Å². The van der Waals surface area contributed by atoms with E-state index in [9.17, 15) is 18.0 Å². The summed E-state index contributed by atoms with van der Waals surface area (Å²) in [6.45, 7) is 8.69. The number of hydrogen-bond acceptors (Lipinski definition) is 5. The normalized spacial score (nSPS) is 21.7. The van der Waals surface area contributed by atoms with Gasteiger partial charge in [-0.05, 0) is 70.2 Å². The molecule has 3 unspecified atom stereocenters. The fraction of sp³-hybridized carbons (Fsp3) is 0.625. The number of nitrogens with one attached hydrogen (secondary N) is 2. The van der Waals surface area contributed by atoms with E-state index in [2.05, 4.69) is 60.2 Å². The van der Waals surface area contributed by atoms with Crippen molar-refractivity contribution in [3.63, 3.8) is 0 Å². The van der Waals surface area contributed by atoms with Gasteiger partial charge in [0.15, 0.2) is 0 Å². The molecule has 6 nitrogen and oxygen atoms in total. The van der Waals surface area contributed by atoms with Crippen molar-refractivity contribution in [2.24, 2.45) is 11.8 Å². The molecule has 1 amide bonds. The Labute approximate surface area is 193 Å². The molecule has 0 radical (unpaired) electrons. The molecule has 182 valence electrons. The number of halogens is 3. The van der Waals surface area contributed by atoms with Gasteiger partial charge in [-0.1, -0.05) is 13.8 Å². The standard InChI is InChI=1S/C24H34F3N5O/c1-14(2)18-11-17(32(5)15(3)4)7-9-21(18)31-22(33)12-28-23-19-10-16(24(25,26)27)6-8-20(19)29-13-30-23/h6,8,10,13-15,17-18,21H,7,9,11-12H2,1-5H3,(H,31,33)(H,28,29,30). The summed E-state index contributed by atoms with van der Waals surface area (Å²) in [5.41, 5.74) is -0.395. The Morgan fingerprint density at radius 2 is 1.91 bits per heavy atom. The molecule has 0 bridgehead atoms. The summed E-state index contributed by atoms with van der Waals surface area (Å²) in [7, 11) is 2.16. The second kappa shape index (κ2) is 10.2. The summed E-state index contributed by atoms with van der Waals surface area (Å²) in [4.78, 5) is 23.2. The molecule has 0 spiro atoms. The van der Waals surface area contributed by atoms with E-state index in [1.54, 1.807) is 0 Å². The number of nitrogens with zero attached hydrogens (tertiary/aromatic N) is 3. The van der Waals surface area contributed by atoms with Gasteiger partial charge in [-0.15, -0.1) is 0 Å². The molecule has 1 aliphatic carbocycles. The van der Waals surface area contributed by atoms with Gasteiger partial charge in [0.25, 0.3) is 0 Å². The number of anilines is 1. The van der Waals surface area contributed by atoms with E-state index < -0.39 is 11.7 Å². The molecule has 3 atom stereocenters. The van der Waals surface area contributed by atoms with Crippen molar-refractivity contribution in [2.75, 3.05) is 18.9 Å². The third-order valence-corrected chi connectivity index (χ3v) is 6.84. The molecule has 0 aliphatic heterocycles. The van der Waals surface area contributed by atoms with Crippen LogP contribution in [0.25, 0.3) is 10.9 Å². The molecule has 1 heterocycles. The molecule has 1 fully saturated rings. The smallest absolute Gasteiger partial charge is 0.360 e. The van der Waals surface area contributed by atoms with E-state index in [4.69, 9.17) is 0 Å². The second-order valence-electron chi connectivity index (χ2n) is 9.61. The third-order valence-electron chi connectivity index (χ3n) is 6.84. The molecule has 9 heteroatoms. The van der Waals surface area contributed by atoms with Crippen LogP contribution in [0.4, 0.5) is 19.0 Å². The van der Waals surface area contributed by atoms with E-state index >= 15 is 0 Å². The highest BCUT2D eigenvalue weighted by molar-refractivity contribution is 5.91. The maximum absolute atomic E-state index is 13.1. The first-order valence-electron chi connectivity index (χ1n) is 11.5. The van der Waals surface area contributed by atoms with Crippen LogP contribution < -0.4 is 10.6 Å². The monoisotopic (exact) mass is 465 g/mol. The van der Waals surface area contributed by atoms with Crippen molar-refractivity contribution in [3.8, 4) is 0 Å². The molecule has 0 saturated heterocycles. The Morgan fingerprint density at radius 1 is 1.18 bits per heavy atom. The number of aromatic nitrogens is 2. The lowest BCUT2D eigenvalue weighted by Crippen LogP contribution is -2.51. The molecule has 1 aliphatic rings. The maximum Gasteiger partial charge on any atom is 0.416 e. The molecule has 33 heavy (non-hydrogen) atoms. The number of carbonyl (C=O) groups is 1. The average molecular weight is 466 g/mol. The molecule has 2 aromatic rings. The predicted molar refractivity (Wildman–Crippen MR) is 124 cm³/mol. The SMILES string of the molecule is CC(C)C1CC(N(C)C(C)C)CCC1NC(=O)CNc1ncnc2ccc(C(F)(F)F)cc12. The van der Waals surface area contributed by atoms with Crippen LogP contribution in [-0.2, 0) is 11.0 Å². The van der Waals surface area contributed by atoms with Crippen LogP contribution >= 0.6 is 0 Å². The van der Waals surface area contributed by atoms with Crippen LogP contribution in [0.1, 0.15) is 52.5 Å². The number of fused-ring (bicyclic) bond motifs is 1. The zero-order valence-corrected chi connectivity index (χ0v) is 19.9. The minimum absolute atomic E-state index is 0.0704. The Hall–Kier alpha value is -2.42. The Balaban J connectivity index is 1.66. The van der Waals surface area contributed by atoms with Gasteiger partial charge in [0.05, 0.1) is 17.6 Å². The van der Waals surface area contributed by atoms with E-state index in [-0.39, 0.29) is 29.7 Å². The Bertz CT molecular complexity index is 963. The molecule has 1 aromatic carbocycles. The highest BCUT2D eigenvalue weighted by atomic mass is 19.4. The fourth-order valence-corrected chi connectivity index (χ4v) is 4.69. The summed E-state index contributed by atoms with van der Waals surface area (Å²) in [6.07, 6.45) is -0.236. The first kappa shape index (κ1) is 25.2. The van der Waals surface area contributed by atoms with Crippen LogP contribution in [-0.4, -0.2) is 52.5 Å². The van der Waals surface area contributed by atoms with E-state index in [0.29, 0.717) is 29.4 Å². The van der Waals surface area contributed by atoms with Gasteiger partial charge < -0.3 is 15.5 Å². The van der Waals surface area contributed by atoms with Gasteiger partial charge in [-0.2, -0.15) is 13.2 Å². The average Bonchev–Trinajstić information content (AvgIpc) is 2.76. The maximum atomic E-state index is 13.1. The van der Waals surface area contributed by atoms with Gasteiger partial charge in [-0.3, -0.25) is 4.79 Å². The number of carbonyl (C=O) groups excluding carboxylic acids is 1. The summed E-state index contributed by atoms with van der Waals surface area (Å²) < 4.78 is 39.4. The lowest BCUT2D eigenvalue weighted by Gasteiger charge is -2.43. The number of hydrogen-bond donors (Lipinski definition) is 2. The van der Waals surface area contributed by atoms with Crippen molar-refractivity contribution in [1.82, 2.24) is 20.2 Å². The summed E-state index contributed by atoms with van der Waals surface area (Å²) in [5.74, 6) is 0.810. The van der Waals surface area contributed by atoms with Crippen LogP contribution in [0.15, 0.2) is 24.5 Å². The zero-order valence-electron chi connectivity index (χ0n) is 19.9. The third kappa shape index (κ3) is 6.13. The number of benzene rings is 1. The summed E-state index contributed by atoms with van der Waals surface area (Å²) in [5, 5.41) is 6.29. The van der Waals surface area contributed by atoms with Crippen molar-refractivity contribution >= 4 is 22.6 Å². The highest BCUT2D eigenvalue weighted by Gasteiger charge is 2.35. The first-order chi connectivity index (χ1) is 15.5. The lowest BCUT2D eigenvalue weighted by molar-refractivity contribution is -0.137. The predicted octanol–water partition coefficient (Wildman–Crippen LogP) is 4.71.